The minimum Gasteiger partial charge on any atom is -0.335 e. The van der Waals surface area contributed by atoms with E-state index in [2.05, 4.69) is 5.32 Å². The van der Waals surface area contributed by atoms with Crippen LogP contribution in [0, 0.1) is 5.92 Å². The molecule has 15 heavy (non-hydrogen) atoms. The minimum absolute atomic E-state index is 0.0605. The topological polar surface area (TPSA) is 58.4 Å². The van der Waals surface area contributed by atoms with E-state index in [1.807, 2.05) is 18.7 Å². The van der Waals surface area contributed by atoms with Crippen LogP contribution in [0.15, 0.2) is 0 Å². The van der Waals surface area contributed by atoms with Crippen molar-refractivity contribution in [1.82, 2.24) is 10.2 Å². The van der Waals surface area contributed by atoms with Gasteiger partial charge in [0.1, 0.15) is 0 Å². The van der Waals surface area contributed by atoms with Gasteiger partial charge in [0.25, 0.3) is 0 Å². The molecule has 2 atom stereocenters. The zero-order valence-electron chi connectivity index (χ0n) is 9.83. The quantitative estimate of drug-likeness (QED) is 0.736. The number of nitrogens with zero attached hydrogens (tertiary/aromatic N) is 1. The second-order valence-corrected chi connectivity index (χ2v) is 4.15. The Hall–Kier alpha value is -0.770. The van der Waals surface area contributed by atoms with Crippen LogP contribution >= 0.6 is 0 Å². The van der Waals surface area contributed by atoms with Gasteiger partial charge in [-0.25, -0.2) is 4.79 Å². The van der Waals surface area contributed by atoms with E-state index in [-0.39, 0.29) is 6.03 Å². The molecule has 0 aliphatic heterocycles. The summed E-state index contributed by atoms with van der Waals surface area (Å²) >= 11 is 0. The van der Waals surface area contributed by atoms with Crippen LogP contribution in [0.5, 0.6) is 0 Å². The number of carbonyl (C=O) groups excluding carboxylic acids is 1. The molecule has 0 heterocycles. The molecule has 0 aromatic heterocycles. The number of nitrogens with one attached hydrogen (secondary N) is 1. The Labute approximate surface area is 92.2 Å². The highest BCUT2D eigenvalue weighted by molar-refractivity contribution is 5.74. The first-order chi connectivity index (χ1) is 7.22. The number of nitrogens with two attached hydrogens (primary N) is 1. The molecule has 1 fully saturated rings. The summed E-state index contributed by atoms with van der Waals surface area (Å²) in [6, 6.07) is 0.355. The Morgan fingerprint density at radius 2 is 2.07 bits per heavy atom. The van der Waals surface area contributed by atoms with Crippen molar-refractivity contribution in [2.24, 2.45) is 11.7 Å². The first-order valence-corrected chi connectivity index (χ1v) is 5.98. The van der Waals surface area contributed by atoms with Crippen LogP contribution in [0.1, 0.15) is 33.1 Å². The maximum Gasteiger partial charge on any atom is 0.317 e. The lowest BCUT2D eigenvalue weighted by molar-refractivity contribution is 0.196. The minimum atomic E-state index is 0.0605. The Morgan fingerprint density at radius 1 is 1.40 bits per heavy atom. The van der Waals surface area contributed by atoms with Gasteiger partial charge in [0.05, 0.1) is 0 Å². The largest absolute Gasteiger partial charge is 0.335 e. The molecule has 1 aliphatic carbocycles. The molecule has 1 saturated carbocycles. The predicted octanol–water partition coefficient (Wildman–Crippen LogP) is 1.17. The van der Waals surface area contributed by atoms with E-state index in [4.69, 9.17) is 5.73 Å². The number of rotatable bonds is 4. The van der Waals surface area contributed by atoms with Crippen molar-refractivity contribution in [2.75, 3.05) is 19.6 Å². The number of carbonyl (C=O) groups is 1. The van der Waals surface area contributed by atoms with Crippen LogP contribution in [0.3, 0.4) is 0 Å². The predicted molar refractivity (Wildman–Crippen MR) is 61.6 cm³/mol. The van der Waals surface area contributed by atoms with E-state index in [1.54, 1.807) is 0 Å². The van der Waals surface area contributed by atoms with Gasteiger partial charge < -0.3 is 16.0 Å². The highest BCUT2D eigenvalue weighted by Crippen LogP contribution is 2.24. The van der Waals surface area contributed by atoms with Gasteiger partial charge in [-0.2, -0.15) is 0 Å². The Kier molecular flexibility index (Phi) is 4.88. The summed E-state index contributed by atoms with van der Waals surface area (Å²) < 4.78 is 0. The molecule has 0 bridgehead atoms. The van der Waals surface area contributed by atoms with E-state index in [9.17, 15) is 4.79 Å². The summed E-state index contributed by atoms with van der Waals surface area (Å²) in [6.45, 7) is 6.21. The summed E-state index contributed by atoms with van der Waals surface area (Å²) in [4.78, 5) is 13.6. The summed E-state index contributed by atoms with van der Waals surface area (Å²) in [6.07, 6.45) is 3.42. The van der Waals surface area contributed by atoms with E-state index < -0.39 is 0 Å². The average molecular weight is 213 g/mol. The molecule has 1 aliphatic rings. The highest BCUT2D eigenvalue weighted by atomic mass is 16.2. The van der Waals surface area contributed by atoms with Crippen LogP contribution in [0.25, 0.3) is 0 Å². The van der Waals surface area contributed by atoms with Crippen molar-refractivity contribution in [3.8, 4) is 0 Å². The van der Waals surface area contributed by atoms with Crippen molar-refractivity contribution in [1.29, 1.82) is 0 Å². The molecule has 2 unspecified atom stereocenters. The fourth-order valence-electron chi connectivity index (χ4n) is 2.27. The van der Waals surface area contributed by atoms with Crippen molar-refractivity contribution < 1.29 is 4.79 Å². The lowest BCUT2D eigenvalue weighted by atomic mass is 10.0. The maximum absolute atomic E-state index is 11.8. The number of hydrogen-bond acceptors (Lipinski definition) is 2. The van der Waals surface area contributed by atoms with E-state index >= 15 is 0 Å². The molecule has 4 nitrogen and oxygen atoms in total. The van der Waals surface area contributed by atoms with Gasteiger partial charge in [-0.3, -0.25) is 0 Å². The van der Waals surface area contributed by atoms with Gasteiger partial charge in [0, 0.05) is 19.1 Å². The maximum atomic E-state index is 11.8. The SMILES string of the molecule is CCN(CC)C(=O)NC1CCCC1CN. The second-order valence-electron chi connectivity index (χ2n) is 4.15. The monoisotopic (exact) mass is 213 g/mol. The lowest BCUT2D eigenvalue weighted by Crippen LogP contribution is -2.47. The molecule has 4 heteroatoms. The van der Waals surface area contributed by atoms with Crippen LogP contribution < -0.4 is 11.1 Å². The van der Waals surface area contributed by atoms with E-state index in [0.717, 1.165) is 25.9 Å². The Morgan fingerprint density at radius 3 is 2.60 bits per heavy atom. The molecule has 0 aromatic carbocycles. The van der Waals surface area contributed by atoms with Gasteiger partial charge in [0.15, 0.2) is 0 Å². The summed E-state index contributed by atoms with van der Waals surface area (Å²) in [7, 11) is 0. The van der Waals surface area contributed by atoms with Crippen molar-refractivity contribution in [3.63, 3.8) is 0 Å². The lowest BCUT2D eigenvalue weighted by Gasteiger charge is -2.25. The zero-order valence-corrected chi connectivity index (χ0v) is 9.83. The third kappa shape index (κ3) is 3.09. The second kappa shape index (κ2) is 5.95. The first-order valence-electron chi connectivity index (χ1n) is 5.98. The Balaban J connectivity index is 2.42. The molecule has 0 radical (unpaired) electrons. The summed E-state index contributed by atoms with van der Waals surface area (Å²) in [5, 5.41) is 3.09. The van der Waals surface area contributed by atoms with Crippen LogP contribution in [-0.2, 0) is 0 Å². The van der Waals surface area contributed by atoms with Crippen LogP contribution in [0.2, 0.25) is 0 Å². The van der Waals surface area contributed by atoms with Crippen molar-refractivity contribution >= 4 is 6.03 Å². The third-order valence-corrected chi connectivity index (χ3v) is 3.32. The zero-order chi connectivity index (χ0) is 11.3. The van der Waals surface area contributed by atoms with Gasteiger partial charge in [-0.1, -0.05) is 6.42 Å². The van der Waals surface area contributed by atoms with Gasteiger partial charge >= 0.3 is 6.03 Å². The summed E-state index contributed by atoms with van der Waals surface area (Å²) in [5.41, 5.74) is 5.68. The fourth-order valence-corrected chi connectivity index (χ4v) is 2.27. The van der Waals surface area contributed by atoms with Gasteiger partial charge in [0.2, 0.25) is 0 Å². The van der Waals surface area contributed by atoms with Gasteiger partial charge in [-0.15, -0.1) is 0 Å². The van der Waals surface area contributed by atoms with Gasteiger partial charge in [-0.05, 0) is 39.2 Å². The van der Waals surface area contributed by atoms with E-state index in [0.29, 0.717) is 18.5 Å². The molecule has 0 saturated heterocycles. The molecule has 1 rings (SSSR count). The van der Waals surface area contributed by atoms with Crippen molar-refractivity contribution in [3.05, 3.63) is 0 Å². The highest BCUT2D eigenvalue weighted by Gasteiger charge is 2.28. The molecule has 88 valence electrons. The average Bonchev–Trinajstić information content (AvgIpc) is 2.67. The standard InChI is InChI=1S/C11H23N3O/c1-3-14(4-2)11(15)13-10-7-5-6-9(10)8-12/h9-10H,3-8,12H2,1-2H3,(H,13,15). The number of urea groups is 1. The van der Waals surface area contributed by atoms with Crippen LogP contribution in [0.4, 0.5) is 4.79 Å². The molecular weight excluding hydrogens is 190 g/mol. The fraction of sp³-hybridized carbons (Fsp3) is 0.909. The summed E-state index contributed by atoms with van der Waals surface area (Å²) in [5.74, 6) is 0.476. The Bertz CT molecular complexity index is 204. The first kappa shape index (κ1) is 12.3. The van der Waals surface area contributed by atoms with Crippen molar-refractivity contribution in [2.45, 2.75) is 39.2 Å². The molecule has 2 amide bonds. The molecule has 0 aromatic rings. The number of hydrogen-bond donors (Lipinski definition) is 2. The van der Waals surface area contributed by atoms with E-state index in [1.165, 1.54) is 6.42 Å². The molecular formula is C11H23N3O. The molecule has 3 N–H and O–H groups in total. The van der Waals surface area contributed by atoms with Crippen LogP contribution in [-0.4, -0.2) is 36.6 Å². The smallest absolute Gasteiger partial charge is 0.317 e. The molecule has 0 spiro atoms. The number of amides is 2. The normalized spacial score (nSPS) is 25.3. The third-order valence-electron chi connectivity index (χ3n) is 3.32.